The summed E-state index contributed by atoms with van der Waals surface area (Å²) in [5.41, 5.74) is 0. The van der Waals surface area contributed by atoms with Crippen LogP contribution in [0.25, 0.3) is 0 Å². The number of likely N-dealkylation sites (tertiary alicyclic amines) is 1. The minimum absolute atomic E-state index is 0.0301. The maximum atomic E-state index is 9.77. The average molecular weight is 213 g/mol. The maximum absolute atomic E-state index is 9.77. The molecule has 0 amide bonds. The summed E-state index contributed by atoms with van der Waals surface area (Å²) in [5, 5.41) is 18.4. The Morgan fingerprint density at radius 3 is 2.67 bits per heavy atom. The molecule has 0 aromatic carbocycles. The van der Waals surface area contributed by atoms with Crippen molar-refractivity contribution in [2.24, 2.45) is 11.8 Å². The normalized spacial score (nSPS) is 36.0. The Kier molecular flexibility index (Phi) is 4.00. The van der Waals surface area contributed by atoms with Crippen molar-refractivity contribution in [3.8, 4) is 0 Å². The van der Waals surface area contributed by atoms with Gasteiger partial charge in [-0.2, -0.15) is 0 Å². The molecule has 3 atom stereocenters. The Balaban J connectivity index is 1.65. The molecule has 88 valence electrons. The molecular weight excluding hydrogens is 190 g/mol. The van der Waals surface area contributed by atoms with Crippen LogP contribution in [-0.2, 0) is 0 Å². The van der Waals surface area contributed by atoms with Crippen LogP contribution in [0.2, 0.25) is 0 Å². The molecule has 1 saturated heterocycles. The second kappa shape index (κ2) is 5.28. The van der Waals surface area contributed by atoms with E-state index in [9.17, 15) is 5.11 Å². The lowest BCUT2D eigenvalue weighted by Gasteiger charge is -2.17. The van der Waals surface area contributed by atoms with Gasteiger partial charge in [0.05, 0.1) is 6.10 Å². The second-order valence-corrected chi connectivity index (χ2v) is 5.11. The van der Waals surface area contributed by atoms with Crippen molar-refractivity contribution >= 4 is 0 Å². The van der Waals surface area contributed by atoms with Gasteiger partial charge in [0.15, 0.2) is 0 Å². The van der Waals surface area contributed by atoms with E-state index < -0.39 is 0 Å². The minimum atomic E-state index is -0.0301. The zero-order chi connectivity index (χ0) is 10.7. The van der Waals surface area contributed by atoms with Gasteiger partial charge in [-0.25, -0.2) is 0 Å². The van der Waals surface area contributed by atoms with E-state index >= 15 is 0 Å². The fraction of sp³-hybridized carbons (Fsp3) is 1.00. The van der Waals surface area contributed by atoms with Gasteiger partial charge in [0, 0.05) is 25.6 Å². The number of fused-ring (bicyclic) bond motifs is 1. The summed E-state index contributed by atoms with van der Waals surface area (Å²) in [7, 11) is 0. The van der Waals surface area contributed by atoms with Gasteiger partial charge in [-0.05, 0) is 44.6 Å². The maximum Gasteiger partial charge on any atom is 0.0583 e. The van der Waals surface area contributed by atoms with E-state index in [0.29, 0.717) is 12.5 Å². The zero-order valence-corrected chi connectivity index (χ0v) is 9.44. The van der Waals surface area contributed by atoms with Gasteiger partial charge in [-0.3, -0.25) is 0 Å². The van der Waals surface area contributed by atoms with Gasteiger partial charge >= 0.3 is 0 Å². The quantitative estimate of drug-likeness (QED) is 0.666. The van der Waals surface area contributed by atoms with E-state index in [4.69, 9.17) is 5.11 Å². The van der Waals surface area contributed by atoms with Crippen molar-refractivity contribution < 1.29 is 10.2 Å². The molecule has 0 radical (unpaired) electrons. The number of aliphatic hydroxyl groups excluding tert-OH is 2. The molecule has 0 spiro atoms. The topological polar surface area (TPSA) is 43.7 Å². The lowest BCUT2D eigenvalue weighted by molar-refractivity contribution is 0.124. The summed E-state index contributed by atoms with van der Waals surface area (Å²) in [6.07, 6.45) is 5.47. The van der Waals surface area contributed by atoms with Gasteiger partial charge in [0.2, 0.25) is 0 Å². The number of unbranched alkanes of at least 4 members (excludes halogenated alkanes) is 2. The van der Waals surface area contributed by atoms with E-state index in [-0.39, 0.29) is 6.10 Å². The Bertz CT molecular complexity index is 198. The van der Waals surface area contributed by atoms with Crippen LogP contribution >= 0.6 is 0 Å². The van der Waals surface area contributed by atoms with Crippen molar-refractivity contribution in [3.05, 3.63) is 0 Å². The van der Waals surface area contributed by atoms with Crippen molar-refractivity contribution in [1.82, 2.24) is 4.90 Å². The van der Waals surface area contributed by atoms with Crippen LogP contribution in [0.1, 0.15) is 32.1 Å². The summed E-state index contributed by atoms with van der Waals surface area (Å²) < 4.78 is 0. The molecule has 0 aromatic rings. The highest BCUT2D eigenvalue weighted by Gasteiger charge is 2.41. The number of rotatable bonds is 5. The second-order valence-electron chi connectivity index (χ2n) is 5.11. The molecule has 2 N–H and O–H groups in total. The molecule has 3 heteroatoms. The third kappa shape index (κ3) is 2.71. The van der Waals surface area contributed by atoms with Gasteiger partial charge in [-0.15, -0.1) is 0 Å². The Morgan fingerprint density at radius 2 is 1.93 bits per heavy atom. The zero-order valence-electron chi connectivity index (χ0n) is 9.44. The molecule has 1 aliphatic carbocycles. The SMILES string of the molecule is OCCCCCN1CC2CCC(O)C2C1. The highest BCUT2D eigenvalue weighted by Crippen LogP contribution is 2.37. The van der Waals surface area contributed by atoms with Crippen LogP contribution in [-0.4, -0.2) is 47.5 Å². The van der Waals surface area contributed by atoms with Crippen LogP contribution < -0.4 is 0 Å². The molecule has 3 nitrogen and oxygen atoms in total. The predicted molar refractivity (Wildman–Crippen MR) is 59.6 cm³/mol. The van der Waals surface area contributed by atoms with Crippen molar-refractivity contribution in [1.29, 1.82) is 0 Å². The third-order valence-electron chi connectivity index (χ3n) is 4.03. The minimum Gasteiger partial charge on any atom is -0.396 e. The van der Waals surface area contributed by atoms with Gasteiger partial charge in [0.1, 0.15) is 0 Å². The first-order valence-electron chi connectivity index (χ1n) is 6.32. The molecule has 0 bridgehead atoms. The highest BCUT2D eigenvalue weighted by molar-refractivity contribution is 4.93. The Morgan fingerprint density at radius 1 is 1.07 bits per heavy atom. The third-order valence-corrected chi connectivity index (χ3v) is 4.03. The van der Waals surface area contributed by atoms with Gasteiger partial charge < -0.3 is 15.1 Å². The number of hydrogen-bond acceptors (Lipinski definition) is 3. The lowest BCUT2D eigenvalue weighted by Crippen LogP contribution is -2.25. The van der Waals surface area contributed by atoms with Crippen LogP contribution in [0.3, 0.4) is 0 Å². The molecule has 2 rings (SSSR count). The first-order chi connectivity index (χ1) is 7.31. The van der Waals surface area contributed by atoms with E-state index in [1.165, 1.54) is 19.4 Å². The van der Waals surface area contributed by atoms with E-state index in [1.54, 1.807) is 0 Å². The van der Waals surface area contributed by atoms with Gasteiger partial charge in [0.25, 0.3) is 0 Å². The van der Waals surface area contributed by atoms with Crippen molar-refractivity contribution in [2.45, 2.75) is 38.2 Å². The van der Waals surface area contributed by atoms with E-state index in [2.05, 4.69) is 4.90 Å². The van der Waals surface area contributed by atoms with E-state index in [1.807, 2.05) is 0 Å². The Hall–Kier alpha value is -0.120. The molecule has 0 aromatic heterocycles. The average Bonchev–Trinajstić information content (AvgIpc) is 2.76. The smallest absolute Gasteiger partial charge is 0.0583 e. The highest BCUT2D eigenvalue weighted by atomic mass is 16.3. The molecule has 3 unspecified atom stereocenters. The fourth-order valence-electron chi connectivity index (χ4n) is 3.14. The van der Waals surface area contributed by atoms with Crippen LogP contribution in [0.5, 0.6) is 0 Å². The van der Waals surface area contributed by atoms with Crippen LogP contribution in [0, 0.1) is 11.8 Å². The largest absolute Gasteiger partial charge is 0.396 e. The summed E-state index contributed by atoms with van der Waals surface area (Å²) in [6, 6.07) is 0. The molecule has 15 heavy (non-hydrogen) atoms. The molecule has 1 aliphatic heterocycles. The summed E-state index contributed by atoms with van der Waals surface area (Å²) >= 11 is 0. The fourth-order valence-corrected chi connectivity index (χ4v) is 3.14. The monoisotopic (exact) mass is 213 g/mol. The molecule has 1 heterocycles. The summed E-state index contributed by atoms with van der Waals surface area (Å²) in [5.74, 6) is 1.32. The lowest BCUT2D eigenvalue weighted by atomic mass is 10.00. The molecule has 2 fully saturated rings. The Labute approximate surface area is 92.1 Å². The molecular formula is C12H23NO2. The number of aliphatic hydroxyl groups is 2. The van der Waals surface area contributed by atoms with Crippen LogP contribution in [0.4, 0.5) is 0 Å². The predicted octanol–water partition coefficient (Wildman–Crippen LogP) is 0.852. The summed E-state index contributed by atoms with van der Waals surface area (Å²) in [4.78, 5) is 2.50. The first kappa shape index (κ1) is 11.4. The number of hydrogen-bond donors (Lipinski definition) is 2. The number of nitrogens with zero attached hydrogens (tertiary/aromatic N) is 1. The molecule has 2 aliphatic rings. The molecule has 1 saturated carbocycles. The van der Waals surface area contributed by atoms with Crippen molar-refractivity contribution in [3.63, 3.8) is 0 Å². The first-order valence-corrected chi connectivity index (χ1v) is 6.32. The van der Waals surface area contributed by atoms with E-state index in [0.717, 1.165) is 38.3 Å². The summed E-state index contributed by atoms with van der Waals surface area (Å²) in [6.45, 7) is 3.77. The van der Waals surface area contributed by atoms with Crippen LogP contribution in [0.15, 0.2) is 0 Å². The van der Waals surface area contributed by atoms with Crippen molar-refractivity contribution in [2.75, 3.05) is 26.2 Å². The van der Waals surface area contributed by atoms with Gasteiger partial charge in [-0.1, -0.05) is 0 Å². The standard InChI is InChI=1S/C12H23NO2/c14-7-3-1-2-6-13-8-10-4-5-12(15)11(10)9-13/h10-12,14-15H,1-9H2.